The molecule has 2 atom stereocenters. The van der Waals surface area contributed by atoms with Crippen molar-refractivity contribution < 1.29 is 32.6 Å². The summed E-state index contributed by atoms with van der Waals surface area (Å²) in [6.45, 7) is 14.3. The van der Waals surface area contributed by atoms with E-state index in [1.54, 1.807) is 6.92 Å². The van der Waals surface area contributed by atoms with E-state index in [0.29, 0.717) is 5.75 Å². The zero-order valence-electron chi connectivity index (χ0n) is 18.9. The molecule has 0 saturated carbocycles. The molecule has 0 unspecified atom stereocenters. The fourth-order valence-corrected chi connectivity index (χ4v) is 10.3. The molecular weight excluding hydrogens is 410 g/mol. The van der Waals surface area contributed by atoms with Gasteiger partial charge in [-0.15, -0.1) is 0 Å². The lowest BCUT2D eigenvalue weighted by molar-refractivity contribution is -0.0897. The molecule has 1 aromatic rings. The lowest BCUT2D eigenvalue weighted by Gasteiger charge is -2.44. The first-order valence-electron chi connectivity index (χ1n) is 10.5. The second-order valence-corrected chi connectivity index (χ2v) is 14.4. The van der Waals surface area contributed by atoms with E-state index in [0.717, 1.165) is 0 Å². The Kier molecular flexibility index (Phi) is 7.69. The van der Waals surface area contributed by atoms with E-state index in [2.05, 4.69) is 41.5 Å². The lowest BCUT2D eigenvalue weighted by Crippen LogP contribution is -2.51. The van der Waals surface area contributed by atoms with Crippen molar-refractivity contribution in [2.45, 2.75) is 89.6 Å². The van der Waals surface area contributed by atoms with Crippen LogP contribution in [0.1, 0.15) is 65.2 Å². The zero-order chi connectivity index (χ0) is 22.9. The third kappa shape index (κ3) is 4.70. The Bertz CT molecular complexity index is 729. The van der Waals surface area contributed by atoms with Crippen LogP contribution in [0.5, 0.6) is 11.5 Å². The summed E-state index contributed by atoms with van der Waals surface area (Å²) in [6, 6.07) is 3.89. The number of hydrogen-bond acceptors (Lipinski definition) is 5. The Morgan fingerprint density at radius 3 is 2.13 bits per heavy atom. The fraction of sp³-hybridized carbons (Fsp3) is 0.682. The van der Waals surface area contributed by atoms with Crippen LogP contribution in [-0.4, -0.2) is 44.1 Å². The highest BCUT2D eigenvalue weighted by Crippen LogP contribution is 2.43. The minimum Gasteiger partial charge on any atom is -0.454 e. The molecule has 0 spiro atoms. The normalized spacial score (nSPS) is 16.4. The van der Waals surface area contributed by atoms with Gasteiger partial charge in [0.25, 0.3) is 0 Å². The van der Waals surface area contributed by atoms with Gasteiger partial charge in [-0.05, 0) is 41.7 Å². The quantitative estimate of drug-likeness (QED) is 0.378. The summed E-state index contributed by atoms with van der Waals surface area (Å²) in [7, 11) is -2.29. The smallest absolute Gasteiger partial charge is 0.335 e. The first-order valence-corrected chi connectivity index (χ1v) is 12.7. The van der Waals surface area contributed by atoms with Crippen molar-refractivity contribution in [2.75, 3.05) is 6.79 Å². The van der Waals surface area contributed by atoms with Gasteiger partial charge in [0.15, 0.2) is 11.5 Å². The maximum atomic E-state index is 14.8. The number of carbonyl (C=O) groups is 1. The first kappa shape index (κ1) is 24.8. The lowest BCUT2D eigenvalue weighted by atomic mass is 9.97. The number of hydrogen-bond donors (Lipinski definition) is 1. The number of ketones is 1. The summed E-state index contributed by atoms with van der Waals surface area (Å²) in [5.41, 5.74) is 0.626. The predicted octanol–water partition coefficient (Wildman–Crippen LogP) is 5.56. The Balaban J connectivity index is 2.14. The maximum Gasteiger partial charge on any atom is 0.335 e. The van der Waals surface area contributed by atoms with Crippen LogP contribution in [0.15, 0.2) is 18.2 Å². The summed E-state index contributed by atoms with van der Waals surface area (Å²) < 4.78 is 46.3. The molecule has 1 N–H and O–H groups in total. The summed E-state index contributed by atoms with van der Waals surface area (Å²) in [5, 5.41) is 10.3. The maximum absolute atomic E-state index is 14.8. The van der Waals surface area contributed by atoms with E-state index >= 15 is 0 Å². The minimum atomic E-state index is -3.94. The highest BCUT2D eigenvalue weighted by atomic mass is 28.4. The van der Waals surface area contributed by atoms with E-state index in [1.807, 2.05) is 0 Å². The zero-order valence-corrected chi connectivity index (χ0v) is 19.9. The first-order chi connectivity index (χ1) is 13.8. The second-order valence-electron chi connectivity index (χ2n) is 9.02. The van der Waals surface area contributed by atoms with Crippen LogP contribution < -0.4 is 9.47 Å². The Morgan fingerprint density at radius 2 is 1.60 bits per heavy atom. The molecule has 1 aromatic carbocycles. The predicted molar refractivity (Wildman–Crippen MR) is 114 cm³/mol. The molecule has 1 aliphatic heterocycles. The average Bonchev–Trinajstić information content (AvgIpc) is 3.12. The van der Waals surface area contributed by atoms with E-state index in [1.165, 1.54) is 18.2 Å². The topological polar surface area (TPSA) is 65.0 Å². The number of rotatable bonds is 10. The molecule has 0 aromatic heterocycles. The number of alkyl halides is 2. The number of Topliss-reactive ketones (excluding diaryl/α,β-unsaturated/α-hetero) is 1. The highest BCUT2D eigenvalue weighted by Gasteiger charge is 2.50. The van der Waals surface area contributed by atoms with Crippen LogP contribution in [0.25, 0.3) is 0 Å². The monoisotopic (exact) mass is 444 g/mol. The van der Waals surface area contributed by atoms with Crippen molar-refractivity contribution in [3.05, 3.63) is 23.8 Å². The molecule has 0 fully saturated rings. The van der Waals surface area contributed by atoms with Crippen molar-refractivity contribution in [3.8, 4) is 11.5 Å². The Labute approximate surface area is 178 Å². The van der Waals surface area contributed by atoms with Gasteiger partial charge in [-0.2, -0.15) is 8.78 Å². The van der Waals surface area contributed by atoms with E-state index in [4.69, 9.17) is 13.9 Å². The van der Waals surface area contributed by atoms with Crippen LogP contribution in [0.2, 0.25) is 16.6 Å². The van der Waals surface area contributed by atoms with E-state index in [9.17, 15) is 18.7 Å². The van der Waals surface area contributed by atoms with Crippen LogP contribution in [0, 0.1) is 0 Å². The van der Waals surface area contributed by atoms with Crippen LogP contribution in [0.4, 0.5) is 8.78 Å². The number of carbonyl (C=O) groups excluding carboxylic acids is 1. The average molecular weight is 445 g/mol. The number of aliphatic hydroxyl groups excluding tert-OH is 1. The number of halogens is 2. The molecule has 0 saturated heterocycles. The van der Waals surface area contributed by atoms with Crippen molar-refractivity contribution in [3.63, 3.8) is 0 Å². The molecule has 1 heterocycles. The SMILES string of the molecule is CC(C)[Si](O[C@H](C)C[C@@H](O)C(F)(F)C(=O)c1ccc2c(c1)OCO2)(C(C)C)C(C)C. The summed E-state index contributed by atoms with van der Waals surface area (Å²) >= 11 is 0. The van der Waals surface area contributed by atoms with Gasteiger partial charge in [-0.25, -0.2) is 0 Å². The van der Waals surface area contributed by atoms with Gasteiger partial charge in [0.1, 0.15) is 6.10 Å². The van der Waals surface area contributed by atoms with Gasteiger partial charge in [-0.3, -0.25) is 4.79 Å². The van der Waals surface area contributed by atoms with Crippen LogP contribution >= 0.6 is 0 Å². The van der Waals surface area contributed by atoms with Crippen LogP contribution in [0.3, 0.4) is 0 Å². The summed E-state index contributed by atoms with van der Waals surface area (Å²) in [5.74, 6) is -4.75. The number of aliphatic hydroxyl groups is 1. The third-order valence-corrected chi connectivity index (χ3v) is 12.2. The summed E-state index contributed by atoms with van der Waals surface area (Å²) in [4.78, 5) is 12.5. The fourth-order valence-electron chi connectivity index (χ4n) is 4.65. The second kappa shape index (κ2) is 9.32. The molecule has 0 bridgehead atoms. The molecule has 0 amide bonds. The molecule has 170 valence electrons. The van der Waals surface area contributed by atoms with E-state index < -0.39 is 32.2 Å². The molecule has 8 heteroatoms. The van der Waals surface area contributed by atoms with Crippen molar-refractivity contribution >= 4 is 14.1 Å². The standard InChI is InChI=1S/C22H34F2O5Si/c1-13(2)30(14(3)4,15(5)6)29-16(7)10-20(25)22(23,24)21(26)17-8-9-18-19(11-17)28-12-27-18/h8-9,11,13-16,20,25H,10,12H2,1-7H3/t16-,20-/m1/s1. The largest absolute Gasteiger partial charge is 0.454 e. The van der Waals surface area contributed by atoms with Gasteiger partial charge in [0.05, 0.1) is 0 Å². The molecule has 30 heavy (non-hydrogen) atoms. The Morgan fingerprint density at radius 1 is 1.07 bits per heavy atom. The molecule has 0 aliphatic carbocycles. The molecule has 5 nitrogen and oxygen atoms in total. The van der Waals surface area contributed by atoms with Gasteiger partial charge < -0.3 is 19.0 Å². The highest BCUT2D eigenvalue weighted by molar-refractivity contribution is 6.77. The van der Waals surface area contributed by atoms with Crippen molar-refractivity contribution in [1.29, 1.82) is 0 Å². The van der Waals surface area contributed by atoms with Gasteiger partial charge in [0, 0.05) is 18.1 Å². The minimum absolute atomic E-state index is 0.0198. The number of benzene rings is 1. The van der Waals surface area contributed by atoms with Crippen LogP contribution in [-0.2, 0) is 4.43 Å². The molecule has 1 aliphatic rings. The van der Waals surface area contributed by atoms with Crippen molar-refractivity contribution in [1.82, 2.24) is 0 Å². The number of ether oxygens (including phenoxy) is 2. The molecular formula is C22H34F2O5Si. The van der Waals surface area contributed by atoms with Gasteiger partial charge in [-0.1, -0.05) is 41.5 Å². The molecule has 2 rings (SSSR count). The third-order valence-electron chi connectivity index (χ3n) is 6.02. The number of fused-ring (bicyclic) bond motifs is 1. The van der Waals surface area contributed by atoms with Gasteiger partial charge in [0.2, 0.25) is 20.9 Å². The Hall–Kier alpha value is -1.51. The van der Waals surface area contributed by atoms with Gasteiger partial charge >= 0.3 is 5.92 Å². The summed E-state index contributed by atoms with van der Waals surface area (Å²) in [6.07, 6.45) is -3.08. The molecule has 0 radical (unpaired) electrons. The van der Waals surface area contributed by atoms with E-state index in [-0.39, 0.29) is 41.2 Å². The van der Waals surface area contributed by atoms with Crippen molar-refractivity contribution in [2.24, 2.45) is 0 Å².